The maximum atomic E-state index is 5.53. The van der Waals surface area contributed by atoms with Crippen molar-refractivity contribution < 1.29 is 4.74 Å². The molecule has 2 heteroatoms. The van der Waals surface area contributed by atoms with E-state index in [0.717, 1.165) is 25.0 Å². The van der Waals surface area contributed by atoms with Crippen molar-refractivity contribution in [2.45, 2.75) is 51.9 Å². The number of hydrogen-bond acceptors (Lipinski definition) is 2. The van der Waals surface area contributed by atoms with Gasteiger partial charge in [0.2, 0.25) is 0 Å². The van der Waals surface area contributed by atoms with E-state index in [1.54, 1.807) is 0 Å². The number of rotatable bonds is 3. The van der Waals surface area contributed by atoms with Crippen LogP contribution in [-0.2, 0) is 18.0 Å². The first-order valence-electron chi connectivity index (χ1n) is 7.64. The molecule has 3 rings (SSSR count). The molecule has 1 aromatic rings. The summed E-state index contributed by atoms with van der Waals surface area (Å²) < 4.78 is 5.53. The molecule has 19 heavy (non-hydrogen) atoms. The zero-order valence-electron chi connectivity index (χ0n) is 12.1. The zero-order chi connectivity index (χ0) is 13.2. The largest absolute Gasteiger partial charge is 0.372 e. The van der Waals surface area contributed by atoms with Gasteiger partial charge < -0.3 is 10.1 Å². The molecule has 3 unspecified atom stereocenters. The number of benzene rings is 1. The van der Waals surface area contributed by atoms with Crippen LogP contribution in [0.25, 0.3) is 0 Å². The Hall–Kier alpha value is -0.860. The van der Waals surface area contributed by atoms with Crippen LogP contribution >= 0.6 is 0 Å². The van der Waals surface area contributed by atoms with Crippen molar-refractivity contribution >= 4 is 0 Å². The molecule has 2 aliphatic rings. The van der Waals surface area contributed by atoms with E-state index in [1.807, 2.05) is 0 Å². The van der Waals surface area contributed by atoms with E-state index in [0.29, 0.717) is 6.04 Å². The van der Waals surface area contributed by atoms with E-state index < -0.39 is 0 Å². The van der Waals surface area contributed by atoms with Gasteiger partial charge in [0, 0.05) is 6.04 Å². The summed E-state index contributed by atoms with van der Waals surface area (Å²) in [5.41, 5.74) is 4.21. The van der Waals surface area contributed by atoms with Crippen molar-refractivity contribution in [3.63, 3.8) is 0 Å². The summed E-state index contributed by atoms with van der Waals surface area (Å²) in [7, 11) is 2.10. The minimum Gasteiger partial charge on any atom is -0.372 e. The van der Waals surface area contributed by atoms with Gasteiger partial charge in [-0.2, -0.15) is 0 Å². The highest BCUT2D eigenvalue weighted by atomic mass is 16.5. The van der Waals surface area contributed by atoms with Gasteiger partial charge in [0.05, 0.1) is 13.2 Å². The molecule has 0 saturated heterocycles. The number of nitrogens with one attached hydrogen (secondary N) is 1. The minimum absolute atomic E-state index is 0.508. The highest BCUT2D eigenvalue weighted by Gasteiger charge is 2.27. The zero-order valence-corrected chi connectivity index (χ0v) is 12.1. The van der Waals surface area contributed by atoms with Gasteiger partial charge in [0.15, 0.2) is 0 Å². The molecule has 0 amide bonds. The molecule has 104 valence electrons. The molecule has 1 aliphatic carbocycles. The second-order valence-electron chi connectivity index (χ2n) is 6.32. The maximum absolute atomic E-state index is 5.53. The Kier molecular flexibility index (Phi) is 3.90. The van der Waals surface area contributed by atoms with Crippen molar-refractivity contribution in [3.05, 3.63) is 34.9 Å². The summed E-state index contributed by atoms with van der Waals surface area (Å²) in [5.74, 6) is 1.67. The minimum atomic E-state index is 0.508. The lowest BCUT2D eigenvalue weighted by Crippen LogP contribution is -2.29. The number of hydrogen-bond donors (Lipinski definition) is 1. The molecule has 1 fully saturated rings. The average molecular weight is 259 g/mol. The van der Waals surface area contributed by atoms with Gasteiger partial charge in [-0.3, -0.25) is 0 Å². The van der Waals surface area contributed by atoms with Crippen LogP contribution in [0.5, 0.6) is 0 Å². The SMILES string of the molecule is CNC(c1ccc2c(c1)COC2)C1CCCC(C)C1. The van der Waals surface area contributed by atoms with Crippen molar-refractivity contribution in [2.24, 2.45) is 11.8 Å². The summed E-state index contributed by atoms with van der Waals surface area (Å²) in [6.45, 7) is 3.98. The molecule has 1 saturated carbocycles. The van der Waals surface area contributed by atoms with Crippen LogP contribution in [0.3, 0.4) is 0 Å². The van der Waals surface area contributed by atoms with Crippen molar-refractivity contribution in [2.75, 3.05) is 7.05 Å². The fourth-order valence-electron chi connectivity index (χ4n) is 3.84. The predicted molar refractivity (Wildman–Crippen MR) is 77.9 cm³/mol. The second-order valence-corrected chi connectivity index (χ2v) is 6.32. The third-order valence-corrected chi connectivity index (χ3v) is 4.86. The van der Waals surface area contributed by atoms with E-state index in [1.165, 1.54) is 42.4 Å². The lowest BCUT2D eigenvalue weighted by molar-refractivity contribution is 0.134. The van der Waals surface area contributed by atoms with E-state index >= 15 is 0 Å². The summed E-state index contributed by atoms with van der Waals surface area (Å²) in [4.78, 5) is 0. The van der Waals surface area contributed by atoms with Crippen LogP contribution in [0.4, 0.5) is 0 Å². The van der Waals surface area contributed by atoms with E-state index in [4.69, 9.17) is 4.74 Å². The standard InChI is InChI=1S/C17H25NO/c1-12-4-3-5-13(8-12)17(18-2)14-6-7-15-10-19-11-16(15)9-14/h6-7,9,12-13,17-18H,3-5,8,10-11H2,1-2H3. The highest BCUT2D eigenvalue weighted by molar-refractivity contribution is 5.35. The van der Waals surface area contributed by atoms with Crippen LogP contribution in [0.2, 0.25) is 0 Å². The Bertz CT molecular complexity index is 443. The predicted octanol–water partition coefficient (Wildman–Crippen LogP) is 3.80. The Morgan fingerprint density at radius 1 is 1.21 bits per heavy atom. The Morgan fingerprint density at radius 2 is 2.05 bits per heavy atom. The highest BCUT2D eigenvalue weighted by Crippen LogP contribution is 2.37. The maximum Gasteiger partial charge on any atom is 0.0725 e. The molecule has 0 aromatic heterocycles. The van der Waals surface area contributed by atoms with Crippen molar-refractivity contribution in [1.29, 1.82) is 0 Å². The van der Waals surface area contributed by atoms with Crippen molar-refractivity contribution in [3.8, 4) is 0 Å². The van der Waals surface area contributed by atoms with Gasteiger partial charge in [-0.15, -0.1) is 0 Å². The lowest BCUT2D eigenvalue weighted by Gasteiger charge is -2.33. The van der Waals surface area contributed by atoms with E-state index in [9.17, 15) is 0 Å². The first kappa shape index (κ1) is 13.1. The van der Waals surface area contributed by atoms with Gasteiger partial charge >= 0.3 is 0 Å². The van der Waals surface area contributed by atoms with Crippen LogP contribution in [0, 0.1) is 11.8 Å². The summed E-state index contributed by atoms with van der Waals surface area (Å²) in [6, 6.07) is 7.43. The smallest absolute Gasteiger partial charge is 0.0725 e. The Morgan fingerprint density at radius 3 is 2.84 bits per heavy atom. The lowest BCUT2D eigenvalue weighted by atomic mass is 9.76. The van der Waals surface area contributed by atoms with Crippen molar-refractivity contribution in [1.82, 2.24) is 5.32 Å². The molecule has 1 heterocycles. The molecular formula is C17H25NO. The van der Waals surface area contributed by atoms with E-state index in [-0.39, 0.29) is 0 Å². The first-order chi connectivity index (χ1) is 9.28. The van der Waals surface area contributed by atoms with Gasteiger partial charge in [0.25, 0.3) is 0 Å². The summed E-state index contributed by atoms with van der Waals surface area (Å²) >= 11 is 0. The van der Waals surface area contributed by atoms with Gasteiger partial charge in [0.1, 0.15) is 0 Å². The van der Waals surface area contributed by atoms with Gasteiger partial charge in [-0.25, -0.2) is 0 Å². The average Bonchev–Trinajstić information content (AvgIpc) is 2.87. The van der Waals surface area contributed by atoms with Crippen LogP contribution in [0.1, 0.15) is 55.3 Å². The molecule has 1 aromatic carbocycles. The summed E-state index contributed by atoms with van der Waals surface area (Å²) in [5, 5.41) is 3.56. The molecular weight excluding hydrogens is 234 g/mol. The Balaban J connectivity index is 1.81. The molecule has 1 aliphatic heterocycles. The normalized spacial score (nSPS) is 28.1. The number of ether oxygens (including phenoxy) is 1. The monoisotopic (exact) mass is 259 g/mol. The fourth-order valence-corrected chi connectivity index (χ4v) is 3.84. The Labute approximate surface area is 116 Å². The fraction of sp³-hybridized carbons (Fsp3) is 0.647. The molecule has 0 spiro atoms. The molecule has 2 nitrogen and oxygen atoms in total. The second kappa shape index (κ2) is 5.64. The van der Waals surface area contributed by atoms with Crippen LogP contribution < -0.4 is 5.32 Å². The van der Waals surface area contributed by atoms with E-state index in [2.05, 4.69) is 37.5 Å². The van der Waals surface area contributed by atoms with Gasteiger partial charge in [-0.05, 0) is 48.4 Å². The van der Waals surface area contributed by atoms with Crippen LogP contribution in [0.15, 0.2) is 18.2 Å². The summed E-state index contributed by atoms with van der Waals surface area (Å²) in [6.07, 6.45) is 5.52. The molecule has 1 N–H and O–H groups in total. The molecule has 3 atom stereocenters. The topological polar surface area (TPSA) is 21.3 Å². The first-order valence-corrected chi connectivity index (χ1v) is 7.64. The molecule has 0 bridgehead atoms. The quantitative estimate of drug-likeness (QED) is 0.891. The third-order valence-electron chi connectivity index (χ3n) is 4.86. The van der Waals surface area contributed by atoms with Crippen LogP contribution in [-0.4, -0.2) is 7.05 Å². The third kappa shape index (κ3) is 2.70. The number of fused-ring (bicyclic) bond motifs is 1. The molecule has 0 radical (unpaired) electrons. The van der Waals surface area contributed by atoms with Gasteiger partial charge in [-0.1, -0.05) is 38.0 Å².